The van der Waals surface area contributed by atoms with Crippen molar-refractivity contribution in [2.75, 3.05) is 13.1 Å². The Morgan fingerprint density at radius 2 is 2.29 bits per heavy atom. The summed E-state index contributed by atoms with van der Waals surface area (Å²) in [6.45, 7) is 1.15. The molecule has 2 heterocycles. The van der Waals surface area contributed by atoms with E-state index in [1.165, 1.54) is 0 Å². The minimum Gasteiger partial charge on any atom is -0.342 e. The number of carbonyl (C=O) groups excluding carboxylic acids is 2. The van der Waals surface area contributed by atoms with Crippen molar-refractivity contribution in [2.24, 2.45) is 5.73 Å². The molecule has 0 bridgehead atoms. The first-order valence-electron chi connectivity index (χ1n) is 5.05. The zero-order chi connectivity index (χ0) is 10.1. The Morgan fingerprint density at radius 3 is 3.00 bits per heavy atom. The van der Waals surface area contributed by atoms with Crippen LogP contribution in [0, 0.1) is 0 Å². The molecule has 2 rings (SSSR count). The maximum absolute atomic E-state index is 11.8. The van der Waals surface area contributed by atoms with E-state index in [1.807, 2.05) is 0 Å². The van der Waals surface area contributed by atoms with Crippen LogP contribution >= 0.6 is 0 Å². The monoisotopic (exact) mass is 197 g/mol. The van der Waals surface area contributed by atoms with Crippen molar-refractivity contribution in [1.82, 2.24) is 10.2 Å². The van der Waals surface area contributed by atoms with Gasteiger partial charge in [0.25, 0.3) is 0 Å². The minimum atomic E-state index is -0.387. The lowest BCUT2D eigenvalue weighted by Crippen LogP contribution is -2.61. The molecule has 2 fully saturated rings. The molecular formula is C9H15N3O2. The van der Waals surface area contributed by atoms with Crippen LogP contribution in [0.25, 0.3) is 0 Å². The highest BCUT2D eigenvalue weighted by Crippen LogP contribution is 2.22. The quantitative estimate of drug-likeness (QED) is 0.585. The number of nitrogens with one attached hydrogen (secondary N) is 1. The van der Waals surface area contributed by atoms with Gasteiger partial charge >= 0.3 is 0 Å². The highest BCUT2D eigenvalue weighted by atomic mass is 16.2. The van der Waals surface area contributed by atoms with Crippen LogP contribution < -0.4 is 11.1 Å². The van der Waals surface area contributed by atoms with Gasteiger partial charge in [-0.05, 0) is 25.8 Å². The highest BCUT2D eigenvalue weighted by molar-refractivity contribution is 5.97. The Balaban J connectivity index is 2.12. The third-order valence-corrected chi connectivity index (χ3v) is 2.91. The summed E-state index contributed by atoms with van der Waals surface area (Å²) in [5.41, 5.74) is 5.38. The lowest BCUT2D eigenvalue weighted by molar-refractivity contribution is -0.147. The van der Waals surface area contributed by atoms with E-state index in [4.69, 9.17) is 5.73 Å². The zero-order valence-corrected chi connectivity index (χ0v) is 8.03. The third kappa shape index (κ3) is 1.37. The Labute approximate surface area is 82.6 Å². The second kappa shape index (κ2) is 3.57. The first-order chi connectivity index (χ1) is 6.74. The first-order valence-corrected chi connectivity index (χ1v) is 5.05. The smallest absolute Gasteiger partial charge is 0.245 e. The van der Waals surface area contributed by atoms with Gasteiger partial charge in [-0.25, -0.2) is 0 Å². The van der Waals surface area contributed by atoms with E-state index in [0.717, 1.165) is 19.4 Å². The lowest BCUT2D eigenvalue weighted by atomic mass is 10.1. The maximum Gasteiger partial charge on any atom is 0.245 e. The summed E-state index contributed by atoms with van der Waals surface area (Å²) in [7, 11) is 0. The number of rotatable bonds is 2. The summed E-state index contributed by atoms with van der Waals surface area (Å²) in [6, 6.07) is -0.599. The molecule has 0 aromatic rings. The molecule has 0 saturated carbocycles. The number of nitrogens with zero attached hydrogens (tertiary/aromatic N) is 1. The fraction of sp³-hybridized carbons (Fsp3) is 0.778. The molecule has 2 unspecified atom stereocenters. The minimum absolute atomic E-state index is 0.0134. The molecule has 5 nitrogen and oxygen atoms in total. The molecule has 2 saturated heterocycles. The van der Waals surface area contributed by atoms with E-state index < -0.39 is 0 Å². The molecule has 0 spiro atoms. The van der Waals surface area contributed by atoms with Crippen LogP contribution in [0.2, 0.25) is 0 Å². The molecule has 2 aliphatic heterocycles. The summed E-state index contributed by atoms with van der Waals surface area (Å²) in [5, 5.41) is 2.73. The fourth-order valence-electron chi connectivity index (χ4n) is 2.20. The molecule has 14 heavy (non-hydrogen) atoms. The van der Waals surface area contributed by atoms with Gasteiger partial charge in [-0.1, -0.05) is 0 Å². The number of nitrogens with two attached hydrogens (primary N) is 1. The van der Waals surface area contributed by atoms with Crippen molar-refractivity contribution in [3.63, 3.8) is 0 Å². The Morgan fingerprint density at radius 1 is 1.50 bits per heavy atom. The number of carbonyl (C=O) groups is 2. The number of hydrogen-bond donors (Lipinski definition) is 2. The maximum atomic E-state index is 11.8. The van der Waals surface area contributed by atoms with Gasteiger partial charge in [-0.15, -0.1) is 0 Å². The van der Waals surface area contributed by atoms with Gasteiger partial charge in [0.15, 0.2) is 0 Å². The van der Waals surface area contributed by atoms with Crippen molar-refractivity contribution < 1.29 is 9.59 Å². The normalized spacial score (nSPS) is 31.6. The molecule has 3 N–H and O–H groups in total. The van der Waals surface area contributed by atoms with Crippen molar-refractivity contribution in [1.29, 1.82) is 0 Å². The van der Waals surface area contributed by atoms with Gasteiger partial charge in [0.05, 0.1) is 0 Å². The van der Waals surface area contributed by atoms with E-state index in [0.29, 0.717) is 13.0 Å². The molecule has 5 heteroatoms. The fourth-order valence-corrected chi connectivity index (χ4v) is 2.20. The van der Waals surface area contributed by atoms with Gasteiger partial charge in [0, 0.05) is 6.54 Å². The van der Waals surface area contributed by atoms with Crippen LogP contribution in [0.15, 0.2) is 0 Å². The predicted molar refractivity (Wildman–Crippen MR) is 50.3 cm³/mol. The standard InChI is InChI=1S/C9H15N3O2/c10-4-3-6-9(14)12-5-1-2-7(12)8(13)11-6/h6-7H,1-5,10H2,(H,11,13). The van der Waals surface area contributed by atoms with Gasteiger partial charge in [-0.3, -0.25) is 9.59 Å². The summed E-state index contributed by atoms with van der Waals surface area (Å²) >= 11 is 0. The zero-order valence-electron chi connectivity index (χ0n) is 8.03. The van der Waals surface area contributed by atoms with Crippen molar-refractivity contribution >= 4 is 11.8 Å². The second-order valence-corrected chi connectivity index (χ2v) is 3.83. The molecule has 78 valence electrons. The molecule has 0 aromatic heterocycles. The summed E-state index contributed by atoms with van der Waals surface area (Å²) in [6.07, 6.45) is 2.26. The molecule has 2 atom stereocenters. The lowest BCUT2D eigenvalue weighted by Gasteiger charge is -2.34. The van der Waals surface area contributed by atoms with Gasteiger partial charge < -0.3 is 16.0 Å². The van der Waals surface area contributed by atoms with Crippen molar-refractivity contribution in [2.45, 2.75) is 31.3 Å². The first kappa shape index (κ1) is 9.45. The van der Waals surface area contributed by atoms with Crippen LogP contribution in [0.5, 0.6) is 0 Å². The van der Waals surface area contributed by atoms with E-state index in [1.54, 1.807) is 4.90 Å². The summed E-state index contributed by atoms with van der Waals surface area (Å²) in [5.74, 6) is 0.0260. The molecule has 0 aromatic carbocycles. The average Bonchev–Trinajstić information content (AvgIpc) is 2.63. The molecule has 2 amide bonds. The Hall–Kier alpha value is -1.10. The topological polar surface area (TPSA) is 75.4 Å². The average molecular weight is 197 g/mol. The van der Waals surface area contributed by atoms with Crippen molar-refractivity contribution in [3.8, 4) is 0 Å². The van der Waals surface area contributed by atoms with Crippen molar-refractivity contribution in [3.05, 3.63) is 0 Å². The summed E-state index contributed by atoms with van der Waals surface area (Å²) in [4.78, 5) is 25.1. The highest BCUT2D eigenvalue weighted by Gasteiger charge is 2.42. The van der Waals surface area contributed by atoms with E-state index >= 15 is 0 Å². The molecular weight excluding hydrogens is 182 g/mol. The largest absolute Gasteiger partial charge is 0.342 e. The Bertz CT molecular complexity index is 267. The number of amides is 2. The third-order valence-electron chi connectivity index (χ3n) is 2.91. The molecule has 0 aliphatic carbocycles. The number of hydrogen-bond acceptors (Lipinski definition) is 3. The van der Waals surface area contributed by atoms with Gasteiger partial charge in [0.1, 0.15) is 12.1 Å². The number of fused-ring (bicyclic) bond motifs is 1. The summed E-state index contributed by atoms with van der Waals surface area (Å²) < 4.78 is 0. The van der Waals surface area contributed by atoms with Crippen LogP contribution in [-0.2, 0) is 9.59 Å². The van der Waals surface area contributed by atoms with Crippen LogP contribution in [0.3, 0.4) is 0 Å². The van der Waals surface area contributed by atoms with Crippen LogP contribution in [0.4, 0.5) is 0 Å². The van der Waals surface area contributed by atoms with E-state index in [-0.39, 0.29) is 23.9 Å². The SMILES string of the molecule is NCCC1NC(=O)C2CCCN2C1=O. The van der Waals surface area contributed by atoms with Gasteiger partial charge in [0.2, 0.25) is 11.8 Å². The van der Waals surface area contributed by atoms with Gasteiger partial charge in [-0.2, -0.15) is 0 Å². The predicted octanol–water partition coefficient (Wildman–Crippen LogP) is -1.18. The van der Waals surface area contributed by atoms with E-state index in [9.17, 15) is 9.59 Å². The van der Waals surface area contributed by atoms with Crippen LogP contribution in [-0.4, -0.2) is 41.9 Å². The number of piperazine rings is 1. The molecule has 0 radical (unpaired) electrons. The second-order valence-electron chi connectivity index (χ2n) is 3.83. The Kier molecular flexibility index (Phi) is 2.41. The van der Waals surface area contributed by atoms with Crippen LogP contribution in [0.1, 0.15) is 19.3 Å². The molecule has 2 aliphatic rings. The van der Waals surface area contributed by atoms with E-state index in [2.05, 4.69) is 5.32 Å².